The third-order valence-corrected chi connectivity index (χ3v) is 6.84. The molecule has 3 aromatic rings. The number of ketones is 1. The van der Waals surface area contributed by atoms with Gasteiger partial charge in [-0.2, -0.15) is 0 Å². The smallest absolute Gasteiger partial charge is 0.335 e. The minimum atomic E-state index is -0.982. The molecule has 1 saturated heterocycles. The lowest BCUT2D eigenvalue weighted by Gasteiger charge is -2.14. The molecule has 0 saturated carbocycles. The van der Waals surface area contributed by atoms with E-state index >= 15 is 0 Å². The van der Waals surface area contributed by atoms with Gasteiger partial charge in [0.25, 0.3) is 0 Å². The molecule has 1 aromatic carbocycles. The summed E-state index contributed by atoms with van der Waals surface area (Å²) in [6.07, 6.45) is 0. The molecule has 0 radical (unpaired) electrons. The van der Waals surface area contributed by atoms with Gasteiger partial charge in [-0.25, -0.2) is 9.69 Å². The van der Waals surface area contributed by atoms with Crippen LogP contribution in [0, 0.1) is 13.8 Å². The van der Waals surface area contributed by atoms with Crippen molar-refractivity contribution in [3.8, 4) is 11.5 Å². The summed E-state index contributed by atoms with van der Waals surface area (Å²) in [6, 6.07) is 10.2. The van der Waals surface area contributed by atoms with Crippen molar-refractivity contribution in [3.05, 3.63) is 69.2 Å². The minimum absolute atomic E-state index is 0.00973. The molecule has 34 heavy (non-hydrogen) atoms. The fraction of sp³-hybridized carbons (Fsp3) is 0.250. The van der Waals surface area contributed by atoms with Gasteiger partial charge in [-0.05, 0) is 49.1 Å². The number of Topliss-reactive ketones (excluding diaryl/α,β-unsaturated/α-hetero) is 1. The van der Waals surface area contributed by atoms with Gasteiger partial charge in [-0.1, -0.05) is 12.1 Å². The van der Waals surface area contributed by atoms with Gasteiger partial charge in [0.15, 0.2) is 17.3 Å². The summed E-state index contributed by atoms with van der Waals surface area (Å²) in [5, 5.41) is 1.82. The predicted molar refractivity (Wildman–Crippen MR) is 122 cm³/mol. The molecule has 2 aromatic heterocycles. The lowest BCUT2D eigenvalue weighted by molar-refractivity contribution is -0.143. The van der Waals surface area contributed by atoms with E-state index in [4.69, 9.17) is 9.47 Å². The molecule has 0 atom stereocenters. The third-order valence-electron chi connectivity index (χ3n) is 5.98. The van der Waals surface area contributed by atoms with E-state index < -0.39 is 30.2 Å². The molecule has 2 aliphatic heterocycles. The summed E-state index contributed by atoms with van der Waals surface area (Å²) in [5.74, 6) is -0.927. The standard InChI is InChI=1S/C24H21N3O6S/c1-14-8-18(15(2)25(14)10-16-5-6-20-21(9-16)33-13-32-20)19(28)12-27-23(30)22(29)26(24(27)31)11-17-4-3-7-34-17/h3-9H,10-13H2,1-2H3. The molecule has 174 valence electrons. The summed E-state index contributed by atoms with van der Waals surface area (Å²) < 4.78 is 12.8. The summed E-state index contributed by atoms with van der Waals surface area (Å²) in [6.45, 7) is 3.93. The van der Waals surface area contributed by atoms with Crippen molar-refractivity contribution in [2.75, 3.05) is 13.3 Å². The van der Waals surface area contributed by atoms with Crippen LogP contribution in [-0.2, 0) is 22.7 Å². The maximum atomic E-state index is 13.1. The van der Waals surface area contributed by atoms with Crippen LogP contribution < -0.4 is 9.47 Å². The first kappa shape index (κ1) is 21.9. The highest BCUT2D eigenvalue weighted by atomic mass is 32.1. The molecule has 9 nitrogen and oxygen atoms in total. The molecule has 0 N–H and O–H groups in total. The molecule has 0 aliphatic carbocycles. The van der Waals surface area contributed by atoms with Gasteiger partial charge in [-0.3, -0.25) is 19.3 Å². The Kier molecular flexibility index (Phi) is 5.45. The molecule has 5 rings (SSSR count). The number of nitrogens with zero attached hydrogens (tertiary/aromatic N) is 3. The lowest BCUT2D eigenvalue weighted by atomic mass is 10.1. The van der Waals surface area contributed by atoms with Crippen LogP contribution in [0.5, 0.6) is 11.5 Å². The number of rotatable bonds is 7. The Balaban J connectivity index is 1.33. The summed E-state index contributed by atoms with van der Waals surface area (Å²) in [5.41, 5.74) is 2.95. The van der Waals surface area contributed by atoms with Crippen molar-refractivity contribution in [3.63, 3.8) is 0 Å². The minimum Gasteiger partial charge on any atom is -0.454 e. The molecule has 0 unspecified atom stereocenters. The Morgan fingerprint density at radius 3 is 2.50 bits per heavy atom. The summed E-state index contributed by atoms with van der Waals surface area (Å²) in [7, 11) is 0. The number of urea groups is 1. The van der Waals surface area contributed by atoms with Gasteiger partial charge in [0.05, 0.1) is 13.1 Å². The number of ether oxygens (including phenoxy) is 2. The maximum absolute atomic E-state index is 13.1. The van der Waals surface area contributed by atoms with Gasteiger partial charge in [0.1, 0.15) is 0 Å². The second kappa shape index (κ2) is 8.45. The van der Waals surface area contributed by atoms with Crippen molar-refractivity contribution in [1.29, 1.82) is 0 Å². The van der Waals surface area contributed by atoms with E-state index in [1.54, 1.807) is 18.2 Å². The van der Waals surface area contributed by atoms with E-state index in [1.807, 2.05) is 42.0 Å². The van der Waals surface area contributed by atoms with Crippen molar-refractivity contribution < 1.29 is 28.7 Å². The van der Waals surface area contributed by atoms with Gasteiger partial charge >= 0.3 is 17.8 Å². The van der Waals surface area contributed by atoms with E-state index in [0.717, 1.165) is 25.9 Å². The second-order valence-corrected chi connectivity index (χ2v) is 9.16. The van der Waals surface area contributed by atoms with Crippen LogP contribution >= 0.6 is 11.3 Å². The number of imide groups is 2. The Bertz CT molecular complexity index is 1330. The third kappa shape index (κ3) is 3.75. The van der Waals surface area contributed by atoms with Gasteiger partial charge in [-0.15, -0.1) is 11.3 Å². The fourth-order valence-corrected chi connectivity index (χ4v) is 4.86. The first-order valence-corrected chi connectivity index (χ1v) is 11.5. The number of hydrogen-bond donors (Lipinski definition) is 0. The number of benzene rings is 1. The van der Waals surface area contributed by atoms with E-state index in [1.165, 1.54) is 11.3 Å². The van der Waals surface area contributed by atoms with Crippen LogP contribution in [0.3, 0.4) is 0 Å². The SMILES string of the molecule is Cc1cc(C(=O)CN2C(=O)C(=O)N(Cc3cccs3)C2=O)c(C)n1Cc1ccc2c(c1)OCO2. The number of aromatic nitrogens is 1. The molecule has 10 heteroatoms. The van der Waals surface area contributed by atoms with E-state index in [9.17, 15) is 19.2 Å². The molecule has 4 amide bonds. The zero-order valence-corrected chi connectivity index (χ0v) is 19.4. The number of fused-ring (bicyclic) bond motifs is 1. The Morgan fingerprint density at radius 1 is 0.971 bits per heavy atom. The van der Waals surface area contributed by atoms with E-state index in [2.05, 4.69) is 0 Å². The normalized spacial score (nSPS) is 15.1. The number of thiophene rings is 1. The average molecular weight is 480 g/mol. The topological polar surface area (TPSA) is 98.2 Å². The van der Waals surface area contributed by atoms with Crippen LogP contribution in [0.25, 0.3) is 0 Å². The van der Waals surface area contributed by atoms with Crippen LogP contribution in [0.4, 0.5) is 4.79 Å². The Morgan fingerprint density at radius 2 is 1.74 bits per heavy atom. The molecule has 1 fully saturated rings. The summed E-state index contributed by atoms with van der Waals surface area (Å²) >= 11 is 1.38. The van der Waals surface area contributed by atoms with E-state index in [0.29, 0.717) is 29.3 Å². The zero-order chi connectivity index (χ0) is 24.0. The predicted octanol–water partition coefficient (Wildman–Crippen LogP) is 3.12. The largest absolute Gasteiger partial charge is 0.454 e. The van der Waals surface area contributed by atoms with Crippen molar-refractivity contribution >= 4 is 35.0 Å². The van der Waals surface area contributed by atoms with Crippen LogP contribution in [-0.4, -0.2) is 51.3 Å². The fourth-order valence-electron chi connectivity index (χ4n) is 4.16. The molecular formula is C24H21N3O6S. The highest BCUT2D eigenvalue weighted by Crippen LogP contribution is 2.33. The number of hydrogen-bond acceptors (Lipinski definition) is 7. The van der Waals surface area contributed by atoms with Crippen molar-refractivity contribution in [2.45, 2.75) is 26.9 Å². The van der Waals surface area contributed by atoms with Gasteiger partial charge in [0.2, 0.25) is 6.79 Å². The monoisotopic (exact) mass is 479 g/mol. The first-order valence-electron chi connectivity index (χ1n) is 10.6. The number of amides is 4. The lowest BCUT2D eigenvalue weighted by Crippen LogP contribution is -2.36. The van der Waals surface area contributed by atoms with Gasteiger partial charge in [0, 0.05) is 28.4 Å². The summed E-state index contributed by atoms with van der Waals surface area (Å²) in [4.78, 5) is 53.0. The molecule has 0 bridgehead atoms. The molecule has 4 heterocycles. The highest BCUT2D eigenvalue weighted by Gasteiger charge is 2.45. The second-order valence-electron chi connectivity index (χ2n) is 8.13. The van der Waals surface area contributed by atoms with Crippen LogP contribution in [0.1, 0.15) is 32.2 Å². The van der Waals surface area contributed by atoms with Crippen molar-refractivity contribution in [1.82, 2.24) is 14.4 Å². The average Bonchev–Trinajstić information content (AvgIpc) is 3.59. The quantitative estimate of drug-likeness (QED) is 0.293. The first-order chi connectivity index (χ1) is 16.3. The number of aryl methyl sites for hydroxylation is 1. The highest BCUT2D eigenvalue weighted by molar-refractivity contribution is 7.09. The zero-order valence-electron chi connectivity index (χ0n) is 18.6. The number of carbonyl (C=O) groups excluding carboxylic acids is 4. The van der Waals surface area contributed by atoms with Crippen LogP contribution in [0.2, 0.25) is 0 Å². The molecule has 0 spiro atoms. The molecular weight excluding hydrogens is 458 g/mol. The maximum Gasteiger partial charge on any atom is 0.335 e. The number of carbonyl (C=O) groups is 4. The van der Waals surface area contributed by atoms with Gasteiger partial charge < -0.3 is 14.0 Å². The Hall–Kier alpha value is -3.92. The Labute approximate surface area is 199 Å². The van der Waals surface area contributed by atoms with Crippen molar-refractivity contribution in [2.24, 2.45) is 0 Å². The van der Waals surface area contributed by atoms with E-state index in [-0.39, 0.29) is 13.3 Å². The van der Waals surface area contributed by atoms with Crippen LogP contribution in [0.15, 0.2) is 41.8 Å². The molecule has 2 aliphatic rings.